The fraction of sp³-hybridized carbons (Fsp3) is 0.300. The van der Waals surface area contributed by atoms with E-state index < -0.39 is 0 Å². The number of benzene rings is 1. The van der Waals surface area contributed by atoms with Crippen molar-refractivity contribution in [2.75, 3.05) is 6.54 Å². The number of fused-ring (bicyclic) bond motifs is 1. The summed E-state index contributed by atoms with van der Waals surface area (Å²) in [6.07, 6.45) is 0. The van der Waals surface area contributed by atoms with Crippen LogP contribution in [0.1, 0.15) is 13.0 Å². The molecular weight excluding hydrogens is 196 g/mol. The van der Waals surface area contributed by atoms with Crippen molar-refractivity contribution < 1.29 is 0 Å². The second-order valence-electron chi connectivity index (χ2n) is 3.30. The zero-order valence-corrected chi connectivity index (χ0v) is 8.75. The van der Waals surface area contributed by atoms with E-state index in [4.69, 9.17) is 5.73 Å². The van der Waals surface area contributed by atoms with Crippen molar-refractivity contribution >= 4 is 21.6 Å². The van der Waals surface area contributed by atoms with Crippen LogP contribution in [-0.2, 0) is 0 Å². The minimum absolute atomic E-state index is 0.0727. The molecule has 2 aromatic rings. The third-order valence-electron chi connectivity index (χ3n) is 2.26. The van der Waals surface area contributed by atoms with E-state index in [2.05, 4.69) is 0 Å². The summed E-state index contributed by atoms with van der Waals surface area (Å²) < 4.78 is 2.77. The Hall–Kier alpha value is -1.13. The first-order valence-corrected chi connectivity index (χ1v) is 5.32. The van der Waals surface area contributed by atoms with Gasteiger partial charge in [-0.15, -0.1) is 0 Å². The van der Waals surface area contributed by atoms with Gasteiger partial charge in [-0.3, -0.25) is 8.75 Å². The van der Waals surface area contributed by atoms with Crippen LogP contribution in [-0.4, -0.2) is 10.5 Å². The molecule has 0 amide bonds. The summed E-state index contributed by atoms with van der Waals surface area (Å²) in [6, 6.07) is 7.72. The fourth-order valence-electron chi connectivity index (χ4n) is 1.37. The molecule has 1 atom stereocenters. The maximum absolute atomic E-state index is 11.8. The van der Waals surface area contributed by atoms with Gasteiger partial charge in [0.1, 0.15) is 0 Å². The van der Waals surface area contributed by atoms with E-state index in [-0.39, 0.29) is 11.6 Å². The van der Waals surface area contributed by atoms with Crippen molar-refractivity contribution in [3.05, 3.63) is 34.6 Å². The van der Waals surface area contributed by atoms with Gasteiger partial charge in [-0.25, -0.2) is 0 Å². The van der Waals surface area contributed by atoms with Gasteiger partial charge in [-0.1, -0.05) is 23.7 Å². The summed E-state index contributed by atoms with van der Waals surface area (Å²) in [7, 11) is 0. The molecule has 1 unspecified atom stereocenters. The second-order valence-corrected chi connectivity index (χ2v) is 4.32. The van der Waals surface area contributed by atoms with E-state index in [9.17, 15) is 4.79 Å². The standard InChI is InChI=1S/C10H12N2OS/c1-7(6-11)12-10(13)8-4-2-3-5-9(8)14-12/h2-5,7H,6,11H2,1H3. The molecule has 4 heteroatoms. The SMILES string of the molecule is CC(CN)n1sc2ccccc2c1=O. The lowest BCUT2D eigenvalue weighted by Gasteiger charge is -2.06. The highest BCUT2D eigenvalue weighted by atomic mass is 32.1. The molecule has 0 fully saturated rings. The van der Waals surface area contributed by atoms with Gasteiger partial charge in [0.05, 0.1) is 16.1 Å². The van der Waals surface area contributed by atoms with Crippen LogP contribution in [0, 0.1) is 0 Å². The average molecular weight is 208 g/mol. The minimum atomic E-state index is 0.0727. The van der Waals surface area contributed by atoms with Crippen molar-refractivity contribution in [2.45, 2.75) is 13.0 Å². The Labute approximate surface area is 85.9 Å². The summed E-state index contributed by atoms with van der Waals surface area (Å²) in [5.74, 6) is 0. The minimum Gasteiger partial charge on any atom is -0.328 e. The monoisotopic (exact) mass is 208 g/mol. The third kappa shape index (κ3) is 1.36. The van der Waals surface area contributed by atoms with Crippen LogP contribution in [0.4, 0.5) is 0 Å². The molecule has 1 heterocycles. The number of hydrogen-bond donors (Lipinski definition) is 1. The van der Waals surface area contributed by atoms with Crippen molar-refractivity contribution in [2.24, 2.45) is 5.73 Å². The number of hydrogen-bond acceptors (Lipinski definition) is 3. The maximum atomic E-state index is 11.8. The number of nitrogens with two attached hydrogens (primary N) is 1. The molecule has 2 rings (SSSR count). The van der Waals surface area contributed by atoms with Crippen LogP contribution in [0.25, 0.3) is 10.1 Å². The average Bonchev–Trinajstić information content (AvgIpc) is 2.56. The Balaban J connectivity index is 2.69. The highest BCUT2D eigenvalue weighted by Gasteiger charge is 2.10. The maximum Gasteiger partial charge on any atom is 0.268 e. The van der Waals surface area contributed by atoms with E-state index in [1.807, 2.05) is 31.2 Å². The van der Waals surface area contributed by atoms with Gasteiger partial charge < -0.3 is 5.73 Å². The van der Waals surface area contributed by atoms with Gasteiger partial charge in [0, 0.05) is 6.54 Å². The lowest BCUT2D eigenvalue weighted by atomic mass is 10.3. The van der Waals surface area contributed by atoms with Gasteiger partial charge >= 0.3 is 0 Å². The van der Waals surface area contributed by atoms with Gasteiger partial charge in [0.15, 0.2) is 0 Å². The molecule has 0 aliphatic heterocycles. The predicted molar refractivity (Wildman–Crippen MR) is 59.9 cm³/mol. The van der Waals surface area contributed by atoms with Crippen LogP contribution < -0.4 is 11.3 Å². The summed E-state index contributed by atoms with van der Waals surface area (Å²) in [5, 5.41) is 0.790. The van der Waals surface area contributed by atoms with E-state index in [1.54, 1.807) is 3.96 Å². The summed E-state index contributed by atoms with van der Waals surface area (Å²) in [4.78, 5) is 11.8. The van der Waals surface area contributed by atoms with E-state index >= 15 is 0 Å². The molecule has 74 valence electrons. The highest BCUT2D eigenvalue weighted by molar-refractivity contribution is 7.13. The molecule has 14 heavy (non-hydrogen) atoms. The smallest absolute Gasteiger partial charge is 0.268 e. The van der Waals surface area contributed by atoms with Crippen molar-refractivity contribution in [1.82, 2.24) is 3.96 Å². The highest BCUT2D eigenvalue weighted by Crippen LogP contribution is 2.18. The normalized spacial score (nSPS) is 13.3. The van der Waals surface area contributed by atoms with Crippen LogP contribution >= 0.6 is 11.5 Å². The molecule has 2 N–H and O–H groups in total. The molecule has 0 radical (unpaired) electrons. The molecular formula is C10H12N2OS. The molecule has 0 bridgehead atoms. The molecule has 0 saturated carbocycles. The van der Waals surface area contributed by atoms with Crippen molar-refractivity contribution in [3.8, 4) is 0 Å². The molecule has 3 nitrogen and oxygen atoms in total. The van der Waals surface area contributed by atoms with Crippen LogP contribution in [0.15, 0.2) is 29.1 Å². The predicted octanol–water partition coefficient (Wildman–Crippen LogP) is 1.58. The Morgan fingerprint density at radius 2 is 2.21 bits per heavy atom. The number of nitrogens with zero attached hydrogens (tertiary/aromatic N) is 1. The zero-order valence-electron chi connectivity index (χ0n) is 7.93. The lowest BCUT2D eigenvalue weighted by molar-refractivity contribution is 0.588. The summed E-state index contributed by atoms with van der Waals surface area (Å²) >= 11 is 1.48. The topological polar surface area (TPSA) is 48.0 Å². The Morgan fingerprint density at radius 1 is 1.50 bits per heavy atom. The van der Waals surface area contributed by atoms with Crippen molar-refractivity contribution in [3.63, 3.8) is 0 Å². The van der Waals surface area contributed by atoms with Gasteiger partial charge in [0.25, 0.3) is 5.56 Å². The fourth-order valence-corrected chi connectivity index (χ4v) is 2.43. The molecule has 0 aliphatic rings. The van der Waals surface area contributed by atoms with E-state index in [1.165, 1.54) is 11.5 Å². The molecule has 0 spiro atoms. The van der Waals surface area contributed by atoms with Crippen molar-refractivity contribution in [1.29, 1.82) is 0 Å². The van der Waals surface area contributed by atoms with Gasteiger partial charge in [-0.05, 0) is 19.1 Å². The van der Waals surface area contributed by atoms with Gasteiger partial charge in [-0.2, -0.15) is 0 Å². The number of rotatable bonds is 2. The third-order valence-corrected chi connectivity index (χ3v) is 3.53. The molecule has 1 aromatic heterocycles. The molecule has 0 aliphatic carbocycles. The first-order valence-electron chi connectivity index (χ1n) is 4.54. The first-order chi connectivity index (χ1) is 6.74. The lowest BCUT2D eigenvalue weighted by Crippen LogP contribution is -2.22. The van der Waals surface area contributed by atoms with Crippen LogP contribution in [0.2, 0.25) is 0 Å². The van der Waals surface area contributed by atoms with Crippen LogP contribution in [0.3, 0.4) is 0 Å². The second kappa shape index (κ2) is 3.55. The first kappa shape index (κ1) is 9.43. The summed E-state index contributed by atoms with van der Waals surface area (Å²) in [6.45, 7) is 2.45. The quantitative estimate of drug-likeness (QED) is 0.814. The van der Waals surface area contributed by atoms with E-state index in [0.29, 0.717) is 6.54 Å². The molecule has 0 saturated heterocycles. The largest absolute Gasteiger partial charge is 0.328 e. The summed E-state index contributed by atoms with van der Waals surface area (Å²) in [5.41, 5.74) is 5.61. The van der Waals surface area contributed by atoms with Gasteiger partial charge in [0.2, 0.25) is 0 Å². The Kier molecular flexibility index (Phi) is 2.39. The zero-order chi connectivity index (χ0) is 10.1. The Bertz CT molecular complexity index is 500. The Morgan fingerprint density at radius 3 is 2.86 bits per heavy atom. The molecule has 1 aromatic carbocycles. The van der Waals surface area contributed by atoms with Crippen LogP contribution in [0.5, 0.6) is 0 Å². The number of aromatic nitrogens is 1. The van der Waals surface area contributed by atoms with E-state index in [0.717, 1.165) is 10.1 Å².